The molecule has 1 aromatic rings. The molecule has 0 amide bonds. The van der Waals surface area contributed by atoms with E-state index in [0.29, 0.717) is 19.4 Å². The number of hydrogen-bond donors (Lipinski definition) is 2. The lowest BCUT2D eigenvalue weighted by Crippen LogP contribution is -2.04. The molecule has 84 valence electrons. The molecule has 0 saturated carbocycles. The van der Waals surface area contributed by atoms with Crippen molar-refractivity contribution in [2.75, 3.05) is 13.7 Å². The van der Waals surface area contributed by atoms with Crippen LogP contribution in [0.2, 0.25) is 5.02 Å². The summed E-state index contributed by atoms with van der Waals surface area (Å²) in [5.74, 6) is -0.582. The number of benzene rings is 1. The molecule has 0 fully saturated rings. The molecule has 0 aliphatic rings. The van der Waals surface area contributed by atoms with Gasteiger partial charge in [-0.15, -0.1) is 0 Å². The molecule has 3 nitrogen and oxygen atoms in total. The molecule has 0 heterocycles. The zero-order chi connectivity index (χ0) is 11.4. The van der Waals surface area contributed by atoms with Gasteiger partial charge in [-0.05, 0) is 19.4 Å². The number of rotatable bonds is 4. The van der Waals surface area contributed by atoms with Crippen LogP contribution in [0.5, 0.6) is 11.5 Å². The van der Waals surface area contributed by atoms with Crippen molar-refractivity contribution in [3.63, 3.8) is 0 Å². The summed E-state index contributed by atoms with van der Waals surface area (Å²) in [5.41, 5.74) is 5.61. The third-order valence-corrected chi connectivity index (χ3v) is 2.35. The first kappa shape index (κ1) is 12.1. The molecule has 0 bridgehead atoms. The summed E-state index contributed by atoms with van der Waals surface area (Å²) < 4.78 is 18.5. The van der Waals surface area contributed by atoms with Crippen molar-refractivity contribution in [3.8, 4) is 11.5 Å². The van der Waals surface area contributed by atoms with Gasteiger partial charge in [-0.1, -0.05) is 11.6 Å². The van der Waals surface area contributed by atoms with Crippen molar-refractivity contribution in [1.29, 1.82) is 0 Å². The van der Waals surface area contributed by atoms with Crippen molar-refractivity contribution < 1.29 is 14.2 Å². The minimum atomic E-state index is -0.556. The number of ether oxygens (including phenoxy) is 1. The normalized spacial score (nSPS) is 10.4. The maximum atomic E-state index is 13.6. The second-order valence-electron chi connectivity index (χ2n) is 3.10. The Morgan fingerprint density at radius 2 is 2.27 bits per heavy atom. The molecule has 1 aromatic carbocycles. The highest BCUT2D eigenvalue weighted by Gasteiger charge is 2.17. The topological polar surface area (TPSA) is 55.5 Å². The third-order valence-electron chi connectivity index (χ3n) is 2.08. The summed E-state index contributed by atoms with van der Waals surface area (Å²) in [6, 6.07) is 1.13. The first-order valence-electron chi connectivity index (χ1n) is 4.55. The van der Waals surface area contributed by atoms with Gasteiger partial charge in [0.25, 0.3) is 0 Å². The van der Waals surface area contributed by atoms with Crippen LogP contribution in [0.15, 0.2) is 6.07 Å². The Kier molecular flexibility index (Phi) is 4.17. The molecule has 0 aliphatic heterocycles. The largest absolute Gasteiger partial charge is 0.504 e. The Hall–Kier alpha value is -1.00. The van der Waals surface area contributed by atoms with Crippen LogP contribution in [-0.2, 0) is 6.42 Å². The van der Waals surface area contributed by atoms with E-state index in [1.54, 1.807) is 0 Å². The highest BCUT2D eigenvalue weighted by molar-refractivity contribution is 6.31. The molecular formula is C10H13ClFNO2. The van der Waals surface area contributed by atoms with Crippen molar-refractivity contribution in [2.24, 2.45) is 5.73 Å². The van der Waals surface area contributed by atoms with Crippen LogP contribution in [0.25, 0.3) is 0 Å². The summed E-state index contributed by atoms with van der Waals surface area (Å²) in [6.07, 6.45) is 0.993. The molecule has 0 unspecified atom stereocenters. The van der Waals surface area contributed by atoms with E-state index in [1.165, 1.54) is 7.11 Å². The monoisotopic (exact) mass is 233 g/mol. The molecule has 0 aliphatic carbocycles. The van der Waals surface area contributed by atoms with E-state index in [2.05, 4.69) is 0 Å². The Balaban J connectivity index is 3.18. The van der Waals surface area contributed by atoms with Gasteiger partial charge in [0.15, 0.2) is 11.5 Å². The molecule has 15 heavy (non-hydrogen) atoms. The minimum absolute atomic E-state index is 0.111. The van der Waals surface area contributed by atoms with Gasteiger partial charge in [-0.25, -0.2) is 4.39 Å². The van der Waals surface area contributed by atoms with E-state index in [0.717, 1.165) is 6.07 Å². The number of halogens is 2. The van der Waals surface area contributed by atoms with Gasteiger partial charge < -0.3 is 15.6 Å². The lowest BCUT2D eigenvalue weighted by Gasteiger charge is -2.12. The first-order chi connectivity index (χ1) is 7.11. The fourth-order valence-electron chi connectivity index (χ4n) is 1.38. The SMILES string of the molecule is COc1c(O)cc(Cl)c(F)c1CCCN. The molecule has 0 radical (unpaired) electrons. The average molecular weight is 234 g/mol. The van der Waals surface area contributed by atoms with Crippen molar-refractivity contribution in [2.45, 2.75) is 12.8 Å². The number of phenols is 1. The second kappa shape index (κ2) is 5.19. The number of hydrogen-bond acceptors (Lipinski definition) is 3. The molecule has 0 aromatic heterocycles. The highest BCUT2D eigenvalue weighted by atomic mass is 35.5. The van der Waals surface area contributed by atoms with Crippen molar-refractivity contribution in [1.82, 2.24) is 0 Å². The van der Waals surface area contributed by atoms with Crippen LogP contribution >= 0.6 is 11.6 Å². The molecule has 5 heteroatoms. The fraction of sp³-hybridized carbons (Fsp3) is 0.400. The van der Waals surface area contributed by atoms with Gasteiger partial charge >= 0.3 is 0 Å². The highest BCUT2D eigenvalue weighted by Crippen LogP contribution is 2.36. The maximum absolute atomic E-state index is 13.6. The fourth-order valence-corrected chi connectivity index (χ4v) is 1.59. The first-order valence-corrected chi connectivity index (χ1v) is 4.93. The summed E-state index contributed by atoms with van der Waals surface area (Å²) >= 11 is 5.61. The number of phenolic OH excluding ortho intramolecular Hbond substituents is 1. The van der Waals surface area contributed by atoms with E-state index >= 15 is 0 Å². The van der Waals surface area contributed by atoms with Crippen molar-refractivity contribution >= 4 is 11.6 Å². The molecule has 3 N–H and O–H groups in total. The summed E-state index contributed by atoms with van der Waals surface area (Å²) in [7, 11) is 1.37. The van der Waals surface area contributed by atoms with Crippen molar-refractivity contribution in [3.05, 3.63) is 22.5 Å². The smallest absolute Gasteiger partial charge is 0.166 e. The Morgan fingerprint density at radius 3 is 2.80 bits per heavy atom. The summed E-state index contributed by atoms with van der Waals surface area (Å²) in [6.45, 7) is 0.440. The van der Waals surface area contributed by atoms with E-state index in [-0.39, 0.29) is 22.1 Å². The van der Waals surface area contributed by atoms with Crippen LogP contribution in [0.3, 0.4) is 0 Å². The van der Waals surface area contributed by atoms with E-state index in [4.69, 9.17) is 22.1 Å². The predicted octanol–water partition coefficient (Wildman–Crippen LogP) is 2.08. The molecule has 0 atom stereocenters. The van der Waals surface area contributed by atoms with Crippen LogP contribution in [0.1, 0.15) is 12.0 Å². The zero-order valence-electron chi connectivity index (χ0n) is 8.39. The van der Waals surface area contributed by atoms with Gasteiger partial charge in [0.2, 0.25) is 0 Å². The van der Waals surface area contributed by atoms with E-state index in [1.807, 2.05) is 0 Å². The Bertz CT molecular complexity index is 358. The molecule has 0 spiro atoms. The third kappa shape index (κ3) is 2.52. The summed E-state index contributed by atoms with van der Waals surface area (Å²) in [5, 5.41) is 9.38. The lowest BCUT2D eigenvalue weighted by molar-refractivity contribution is 0.364. The molecular weight excluding hydrogens is 221 g/mol. The molecule has 0 saturated heterocycles. The Morgan fingerprint density at radius 1 is 1.60 bits per heavy atom. The van der Waals surface area contributed by atoms with Crippen LogP contribution in [-0.4, -0.2) is 18.8 Å². The number of aromatic hydroxyl groups is 1. The second-order valence-corrected chi connectivity index (χ2v) is 3.50. The zero-order valence-corrected chi connectivity index (χ0v) is 9.14. The minimum Gasteiger partial charge on any atom is -0.504 e. The van der Waals surface area contributed by atoms with Crippen LogP contribution in [0.4, 0.5) is 4.39 Å². The van der Waals surface area contributed by atoms with Gasteiger partial charge in [0.1, 0.15) is 5.82 Å². The van der Waals surface area contributed by atoms with Gasteiger partial charge in [0.05, 0.1) is 12.1 Å². The van der Waals surface area contributed by atoms with Gasteiger partial charge in [-0.2, -0.15) is 0 Å². The Labute approximate surface area is 92.6 Å². The number of methoxy groups -OCH3 is 1. The summed E-state index contributed by atoms with van der Waals surface area (Å²) in [4.78, 5) is 0. The average Bonchev–Trinajstić information content (AvgIpc) is 2.21. The van der Waals surface area contributed by atoms with E-state index in [9.17, 15) is 9.50 Å². The van der Waals surface area contributed by atoms with Crippen LogP contribution < -0.4 is 10.5 Å². The van der Waals surface area contributed by atoms with Gasteiger partial charge in [-0.3, -0.25) is 0 Å². The quantitative estimate of drug-likeness (QED) is 0.837. The lowest BCUT2D eigenvalue weighted by atomic mass is 10.1. The number of nitrogens with two attached hydrogens (primary N) is 1. The molecule has 1 rings (SSSR count). The predicted molar refractivity (Wildman–Crippen MR) is 57.0 cm³/mol. The maximum Gasteiger partial charge on any atom is 0.166 e. The van der Waals surface area contributed by atoms with Crippen LogP contribution in [0, 0.1) is 5.82 Å². The van der Waals surface area contributed by atoms with Gasteiger partial charge in [0, 0.05) is 11.6 Å². The van der Waals surface area contributed by atoms with E-state index < -0.39 is 5.82 Å². The standard InChI is InChI=1S/C10H13ClFNO2/c1-15-10-6(3-2-4-13)9(12)7(11)5-8(10)14/h5,14H,2-4,13H2,1H3.